The molecule has 2 aromatic rings. The number of benzene rings is 2. The summed E-state index contributed by atoms with van der Waals surface area (Å²) in [6.07, 6.45) is 3.41. The Hall–Kier alpha value is -2.86. The van der Waals surface area contributed by atoms with E-state index in [0.29, 0.717) is 31.6 Å². The van der Waals surface area contributed by atoms with Crippen molar-refractivity contribution in [3.63, 3.8) is 0 Å². The minimum atomic E-state index is -0.210. The van der Waals surface area contributed by atoms with Crippen LogP contribution in [-0.2, 0) is 16.0 Å². The number of phenolic OH excluding ortho intramolecular Hbond substituents is 1. The Morgan fingerprint density at radius 3 is 2.50 bits per heavy atom. The molecule has 2 aliphatic rings. The van der Waals surface area contributed by atoms with Gasteiger partial charge in [0.2, 0.25) is 11.8 Å². The second-order valence-electron chi connectivity index (χ2n) is 8.21. The van der Waals surface area contributed by atoms with E-state index in [1.807, 2.05) is 30.0 Å². The number of likely N-dealkylation sites (tertiary alicyclic amines) is 1. The molecule has 1 fully saturated rings. The smallest absolute Gasteiger partial charge is 0.244 e. The zero-order valence-corrected chi connectivity index (χ0v) is 17.4. The molecule has 0 aromatic heterocycles. The molecule has 2 amide bonds. The van der Waals surface area contributed by atoms with Crippen LogP contribution in [0.2, 0.25) is 0 Å². The molecule has 30 heavy (non-hydrogen) atoms. The Morgan fingerprint density at radius 1 is 1.03 bits per heavy atom. The van der Waals surface area contributed by atoms with E-state index in [1.54, 1.807) is 24.3 Å². The number of phenols is 1. The molecule has 2 aromatic carbocycles. The summed E-state index contributed by atoms with van der Waals surface area (Å²) >= 11 is 0. The number of para-hydroxylation sites is 3. The first-order chi connectivity index (χ1) is 14.5. The van der Waals surface area contributed by atoms with Crippen molar-refractivity contribution >= 4 is 23.2 Å². The van der Waals surface area contributed by atoms with Crippen molar-refractivity contribution in [1.29, 1.82) is 0 Å². The number of anilines is 2. The van der Waals surface area contributed by atoms with Crippen LogP contribution in [0.4, 0.5) is 11.4 Å². The van der Waals surface area contributed by atoms with Crippen LogP contribution in [-0.4, -0.2) is 47.5 Å². The molecule has 4 rings (SSSR count). The van der Waals surface area contributed by atoms with Gasteiger partial charge in [-0.1, -0.05) is 30.3 Å². The molecule has 0 aliphatic carbocycles. The summed E-state index contributed by atoms with van der Waals surface area (Å²) in [5.41, 5.74) is 2.72. The average molecular weight is 408 g/mol. The number of nitrogens with one attached hydrogen (secondary N) is 1. The normalized spacial score (nSPS) is 18.5. The fourth-order valence-electron chi connectivity index (χ4n) is 4.51. The number of aromatic hydroxyl groups is 1. The summed E-state index contributed by atoms with van der Waals surface area (Å²) in [4.78, 5) is 29.9. The quantitative estimate of drug-likeness (QED) is 0.762. The summed E-state index contributed by atoms with van der Waals surface area (Å²) in [6, 6.07) is 14.7. The van der Waals surface area contributed by atoms with Crippen molar-refractivity contribution in [2.45, 2.75) is 38.6 Å². The van der Waals surface area contributed by atoms with Crippen LogP contribution in [0.25, 0.3) is 0 Å². The first kappa shape index (κ1) is 20.4. The van der Waals surface area contributed by atoms with Crippen molar-refractivity contribution in [2.24, 2.45) is 5.92 Å². The van der Waals surface area contributed by atoms with E-state index >= 15 is 0 Å². The van der Waals surface area contributed by atoms with Crippen LogP contribution in [0.5, 0.6) is 5.75 Å². The van der Waals surface area contributed by atoms with Crippen molar-refractivity contribution in [3.05, 3.63) is 54.1 Å². The number of piperidine rings is 1. The summed E-state index contributed by atoms with van der Waals surface area (Å²) in [6.45, 7) is 4.16. The van der Waals surface area contributed by atoms with Crippen molar-refractivity contribution < 1.29 is 14.7 Å². The number of carbonyl (C=O) groups excluding carboxylic acids is 2. The molecule has 1 atom stereocenters. The number of nitrogens with zero attached hydrogens (tertiary/aromatic N) is 2. The molecule has 6 nitrogen and oxygen atoms in total. The van der Waals surface area contributed by atoms with Gasteiger partial charge in [-0.15, -0.1) is 0 Å². The molecule has 6 heteroatoms. The van der Waals surface area contributed by atoms with Gasteiger partial charge in [0, 0.05) is 18.2 Å². The number of hydrogen-bond acceptors (Lipinski definition) is 4. The third-order valence-electron chi connectivity index (χ3n) is 6.34. The lowest BCUT2D eigenvalue weighted by Gasteiger charge is -2.38. The summed E-state index contributed by atoms with van der Waals surface area (Å²) in [5.74, 6) is 0.0301. The lowest BCUT2D eigenvalue weighted by atomic mass is 9.94. The highest BCUT2D eigenvalue weighted by molar-refractivity contribution is 5.98. The zero-order valence-electron chi connectivity index (χ0n) is 17.4. The number of carbonyl (C=O) groups is 2. The Kier molecular flexibility index (Phi) is 6.04. The van der Waals surface area contributed by atoms with Crippen LogP contribution in [0.3, 0.4) is 0 Å². The van der Waals surface area contributed by atoms with Gasteiger partial charge < -0.3 is 15.3 Å². The molecule has 0 spiro atoms. The van der Waals surface area contributed by atoms with Gasteiger partial charge >= 0.3 is 0 Å². The number of hydrogen-bond donors (Lipinski definition) is 2. The van der Waals surface area contributed by atoms with Crippen LogP contribution in [0.15, 0.2) is 48.5 Å². The summed E-state index contributed by atoms with van der Waals surface area (Å²) in [7, 11) is 0. The fraction of sp³-hybridized carbons (Fsp3) is 0.417. The molecule has 0 radical (unpaired) electrons. The highest BCUT2D eigenvalue weighted by Crippen LogP contribution is 2.29. The van der Waals surface area contributed by atoms with E-state index < -0.39 is 0 Å². The van der Waals surface area contributed by atoms with E-state index in [4.69, 9.17) is 0 Å². The predicted octanol–water partition coefficient (Wildman–Crippen LogP) is 3.41. The van der Waals surface area contributed by atoms with Crippen LogP contribution >= 0.6 is 0 Å². The predicted molar refractivity (Wildman–Crippen MR) is 118 cm³/mol. The van der Waals surface area contributed by atoms with Gasteiger partial charge in [0.05, 0.1) is 11.7 Å². The molecule has 1 saturated heterocycles. The monoisotopic (exact) mass is 407 g/mol. The fourth-order valence-corrected chi connectivity index (χ4v) is 4.51. The first-order valence-corrected chi connectivity index (χ1v) is 10.8. The summed E-state index contributed by atoms with van der Waals surface area (Å²) in [5, 5.41) is 12.7. The van der Waals surface area contributed by atoms with Gasteiger partial charge in [0.1, 0.15) is 5.75 Å². The molecule has 2 heterocycles. The third kappa shape index (κ3) is 4.19. The number of rotatable bonds is 4. The van der Waals surface area contributed by atoms with Gasteiger partial charge in [-0.25, -0.2) is 0 Å². The Labute approximate surface area is 177 Å². The molecular weight excluding hydrogens is 378 g/mol. The average Bonchev–Trinajstić information content (AvgIpc) is 2.79. The van der Waals surface area contributed by atoms with Crippen LogP contribution in [0, 0.1) is 5.92 Å². The first-order valence-electron chi connectivity index (χ1n) is 10.8. The number of fused-ring (bicyclic) bond motifs is 1. The van der Waals surface area contributed by atoms with Gasteiger partial charge in [0.25, 0.3) is 0 Å². The lowest BCUT2D eigenvalue weighted by molar-refractivity contribution is -0.125. The minimum absolute atomic E-state index is 0.0694. The van der Waals surface area contributed by atoms with Gasteiger partial charge in [-0.3, -0.25) is 14.5 Å². The van der Waals surface area contributed by atoms with Crippen molar-refractivity contribution in [2.75, 3.05) is 29.9 Å². The van der Waals surface area contributed by atoms with Crippen molar-refractivity contribution in [1.82, 2.24) is 4.90 Å². The standard InChI is InChI=1S/C24H29N3O3/c1-17(24(30)27-14-6-8-18-7-2-4-10-21(18)27)26-15-12-19(13-16-26)23(29)25-20-9-3-5-11-22(20)28/h2-5,7,9-11,17,19,28H,6,8,12-16H2,1H3,(H,25,29)/t17-/m0/s1. The molecule has 2 N–H and O–H groups in total. The van der Waals surface area contributed by atoms with E-state index in [2.05, 4.69) is 16.3 Å². The lowest BCUT2D eigenvalue weighted by Crippen LogP contribution is -2.51. The maximum Gasteiger partial charge on any atom is 0.244 e. The third-order valence-corrected chi connectivity index (χ3v) is 6.34. The Morgan fingerprint density at radius 2 is 1.73 bits per heavy atom. The second-order valence-corrected chi connectivity index (χ2v) is 8.21. The van der Waals surface area contributed by atoms with Gasteiger partial charge in [-0.05, 0) is 69.5 Å². The molecule has 0 bridgehead atoms. The number of aryl methyl sites for hydroxylation is 1. The van der Waals surface area contributed by atoms with Gasteiger partial charge in [-0.2, -0.15) is 0 Å². The van der Waals surface area contributed by atoms with Crippen LogP contribution < -0.4 is 10.2 Å². The largest absolute Gasteiger partial charge is 0.506 e. The minimum Gasteiger partial charge on any atom is -0.506 e. The van der Waals surface area contributed by atoms with E-state index in [-0.39, 0.29) is 29.5 Å². The van der Waals surface area contributed by atoms with Crippen LogP contribution in [0.1, 0.15) is 31.7 Å². The molecular formula is C24H29N3O3. The molecule has 2 aliphatic heterocycles. The summed E-state index contributed by atoms with van der Waals surface area (Å²) < 4.78 is 0. The van der Waals surface area contributed by atoms with Crippen molar-refractivity contribution in [3.8, 4) is 5.75 Å². The Balaban J connectivity index is 1.34. The number of amides is 2. The highest BCUT2D eigenvalue weighted by Gasteiger charge is 2.33. The van der Waals surface area contributed by atoms with E-state index in [9.17, 15) is 14.7 Å². The second kappa shape index (κ2) is 8.88. The van der Waals surface area contributed by atoms with E-state index in [0.717, 1.165) is 25.1 Å². The maximum absolute atomic E-state index is 13.2. The SMILES string of the molecule is C[C@@H](C(=O)N1CCCc2ccccc21)N1CCC(C(=O)Nc2ccccc2O)CC1. The van der Waals surface area contributed by atoms with E-state index in [1.165, 1.54) is 5.56 Å². The highest BCUT2D eigenvalue weighted by atomic mass is 16.3. The topological polar surface area (TPSA) is 72.9 Å². The van der Waals surface area contributed by atoms with Gasteiger partial charge in [0.15, 0.2) is 0 Å². The molecule has 0 saturated carbocycles. The Bertz CT molecular complexity index is 921. The zero-order chi connectivity index (χ0) is 21.1. The molecule has 158 valence electrons. The molecule has 0 unspecified atom stereocenters. The maximum atomic E-state index is 13.2.